The molecule has 0 radical (unpaired) electrons. The van der Waals surface area contributed by atoms with Crippen LogP contribution in [0, 0.1) is 0 Å². The second-order valence-corrected chi connectivity index (χ2v) is 5.66. The van der Waals surface area contributed by atoms with Crippen molar-refractivity contribution in [2.75, 3.05) is 0 Å². The Hall–Kier alpha value is -1.68. The van der Waals surface area contributed by atoms with Gasteiger partial charge in [-0.15, -0.1) is 10.2 Å². The monoisotopic (exact) mass is 364 g/mol. The maximum absolute atomic E-state index is 12.7. The summed E-state index contributed by atoms with van der Waals surface area (Å²) in [5.74, 6) is -1.27. The van der Waals surface area contributed by atoms with Crippen molar-refractivity contribution in [1.29, 1.82) is 0 Å². The van der Waals surface area contributed by atoms with Gasteiger partial charge in [-0.05, 0) is 18.2 Å². The quantitative estimate of drug-likeness (QED) is 0.719. The summed E-state index contributed by atoms with van der Waals surface area (Å²) < 4.78 is 39.4. The molecule has 0 spiro atoms. The molecule has 0 saturated carbocycles. The van der Waals surface area contributed by atoms with Crippen molar-refractivity contribution in [3.8, 4) is 16.3 Å². The van der Waals surface area contributed by atoms with Gasteiger partial charge < -0.3 is 5.11 Å². The molecular formula is C10H4BrF3N4OS. The molecule has 0 aliphatic carbocycles. The molecule has 10 heteroatoms. The fourth-order valence-corrected chi connectivity index (χ4v) is 2.81. The van der Waals surface area contributed by atoms with Crippen molar-refractivity contribution in [1.82, 2.24) is 19.8 Å². The Balaban J connectivity index is 2.19. The van der Waals surface area contributed by atoms with Gasteiger partial charge >= 0.3 is 6.18 Å². The fourth-order valence-electron chi connectivity index (χ4n) is 1.58. The molecular weight excluding hydrogens is 361 g/mol. The Morgan fingerprint density at radius 1 is 1.25 bits per heavy atom. The van der Waals surface area contributed by atoms with Crippen molar-refractivity contribution in [2.45, 2.75) is 6.18 Å². The van der Waals surface area contributed by atoms with Gasteiger partial charge in [0.1, 0.15) is 5.75 Å². The third kappa shape index (κ3) is 2.14. The number of phenolic OH excluding ortho intramolecular Hbond substituents is 1. The van der Waals surface area contributed by atoms with Crippen LogP contribution >= 0.6 is 27.3 Å². The van der Waals surface area contributed by atoms with Crippen LogP contribution in [-0.2, 0) is 6.18 Å². The van der Waals surface area contributed by atoms with Crippen LogP contribution in [0.4, 0.5) is 13.2 Å². The van der Waals surface area contributed by atoms with Gasteiger partial charge in [-0.25, -0.2) is 0 Å². The van der Waals surface area contributed by atoms with Crippen molar-refractivity contribution in [3.05, 3.63) is 28.5 Å². The van der Waals surface area contributed by atoms with Gasteiger partial charge in [-0.2, -0.15) is 22.8 Å². The highest BCUT2D eigenvalue weighted by molar-refractivity contribution is 9.10. The molecule has 0 aliphatic heterocycles. The summed E-state index contributed by atoms with van der Waals surface area (Å²) in [5.41, 5.74) is 0.322. The normalized spacial score (nSPS) is 12.2. The summed E-state index contributed by atoms with van der Waals surface area (Å²) >= 11 is 4.13. The molecule has 0 amide bonds. The lowest BCUT2D eigenvalue weighted by atomic mass is 10.2. The average Bonchev–Trinajstić information content (AvgIpc) is 2.89. The van der Waals surface area contributed by atoms with Crippen LogP contribution in [0.5, 0.6) is 5.75 Å². The Morgan fingerprint density at radius 2 is 2.00 bits per heavy atom. The molecule has 2 heterocycles. The fraction of sp³-hybridized carbons (Fsp3) is 0.100. The first-order valence-corrected chi connectivity index (χ1v) is 6.75. The van der Waals surface area contributed by atoms with Crippen LogP contribution in [0.15, 0.2) is 22.7 Å². The zero-order valence-electron chi connectivity index (χ0n) is 9.39. The van der Waals surface area contributed by atoms with E-state index in [4.69, 9.17) is 0 Å². The summed E-state index contributed by atoms with van der Waals surface area (Å²) in [6.07, 6.45) is -4.63. The number of alkyl halides is 3. The number of fused-ring (bicyclic) bond motifs is 1. The van der Waals surface area contributed by atoms with Gasteiger partial charge in [0, 0.05) is 4.47 Å². The molecule has 5 nitrogen and oxygen atoms in total. The molecule has 104 valence electrons. The van der Waals surface area contributed by atoms with Gasteiger partial charge in [-0.3, -0.25) is 0 Å². The minimum absolute atomic E-state index is 0.00620. The predicted octanol–water partition coefficient (Wildman–Crippen LogP) is 3.34. The molecule has 0 aliphatic rings. The van der Waals surface area contributed by atoms with E-state index in [1.165, 1.54) is 6.07 Å². The number of aromatic nitrogens is 4. The van der Waals surface area contributed by atoms with Crippen molar-refractivity contribution in [2.24, 2.45) is 0 Å². The van der Waals surface area contributed by atoms with Gasteiger partial charge in [0.25, 0.3) is 5.82 Å². The van der Waals surface area contributed by atoms with E-state index < -0.39 is 12.0 Å². The SMILES string of the molecule is Oc1ccc(Br)cc1-c1nn2c(C(F)(F)F)nnc2s1. The summed E-state index contributed by atoms with van der Waals surface area (Å²) in [5, 5.41) is 20.3. The van der Waals surface area contributed by atoms with Crippen molar-refractivity contribution < 1.29 is 18.3 Å². The number of halogens is 4. The molecule has 3 rings (SSSR count). The molecule has 3 aromatic rings. The van der Waals surface area contributed by atoms with E-state index in [0.717, 1.165) is 11.3 Å². The molecule has 0 fully saturated rings. The molecule has 20 heavy (non-hydrogen) atoms. The first-order chi connectivity index (χ1) is 9.36. The van der Waals surface area contributed by atoms with Crippen LogP contribution < -0.4 is 0 Å². The smallest absolute Gasteiger partial charge is 0.453 e. The van der Waals surface area contributed by atoms with Crippen LogP contribution in [0.2, 0.25) is 0 Å². The largest absolute Gasteiger partial charge is 0.507 e. The average molecular weight is 365 g/mol. The number of hydrogen-bond donors (Lipinski definition) is 1. The van der Waals surface area contributed by atoms with Gasteiger partial charge in [0.2, 0.25) is 4.96 Å². The Labute approximate surface area is 121 Å². The summed E-state index contributed by atoms with van der Waals surface area (Å²) in [4.78, 5) is 0.00620. The third-order valence-electron chi connectivity index (χ3n) is 2.43. The van der Waals surface area contributed by atoms with E-state index in [2.05, 4.69) is 31.2 Å². The Morgan fingerprint density at radius 3 is 2.70 bits per heavy atom. The highest BCUT2D eigenvalue weighted by Gasteiger charge is 2.38. The highest BCUT2D eigenvalue weighted by atomic mass is 79.9. The second kappa shape index (κ2) is 4.42. The number of hydrogen-bond acceptors (Lipinski definition) is 5. The van der Waals surface area contributed by atoms with E-state index >= 15 is 0 Å². The lowest BCUT2D eigenvalue weighted by Gasteiger charge is -2.02. The first kappa shape index (κ1) is 13.3. The van der Waals surface area contributed by atoms with Crippen LogP contribution in [-0.4, -0.2) is 24.9 Å². The van der Waals surface area contributed by atoms with Crippen molar-refractivity contribution in [3.63, 3.8) is 0 Å². The molecule has 0 unspecified atom stereocenters. The van der Waals surface area contributed by atoms with Gasteiger partial charge in [0.15, 0.2) is 5.01 Å². The van der Waals surface area contributed by atoms with E-state index in [1.54, 1.807) is 12.1 Å². The molecule has 2 aromatic heterocycles. The maximum Gasteiger partial charge on any atom is 0.453 e. The molecule has 0 saturated heterocycles. The number of rotatable bonds is 1. The summed E-state index contributed by atoms with van der Waals surface area (Å²) in [6.45, 7) is 0. The Kier molecular flexibility index (Phi) is 2.94. The maximum atomic E-state index is 12.7. The van der Waals surface area contributed by atoms with E-state index in [-0.39, 0.29) is 15.7 Å². The standard InChI is InChI=1S/C10H4BrF3N4OS/c11-4-1-2-6(19)5(3-4)7-17-18-8(10(12,13)14)15-16-9(18)20-7/h1-3,19H. The van der Waals surface area contributed by atoms with Crippen molar-refractivity contribution >= 4 is 32.2 Å². The number of nitrogens with zero attached hydrogens (tertiary/aromatic N) is 4. The minimum Gasteiger partial charge on any atom is -0.507 e. The molecule has 0 bridgehead atoms. The predicted molar refractivity (Wildman–Crippen MR) is 68.5 cm³/mol. The third-order valence-corrected chi connectivity index (χ3v) is 3.86. The van der Waals surface area contributed by atoms with E-state index in [1.807, 2.05) is 0 Å². The molecule has 0 atom stereocenters. The topological polar surface area (TPSA) is 63.3 Å². The zero-order chi connectivity index (χ0) is 14.5. The van der Waals surface area contributed by atoms with Gasteiger partial charge in [-0.1, -0.05) is 27.3 Å². The zero-order valence-corrected chi connectivity index (χ0v) is 11.8. The summed E-state index contributed by atoms with van der Waals surface area (Å²) in [7, 11) is 0. The number of aromatic hydroxyl groups is 1. The highest BCUT2D eigenvalue weighted by Crippen LogP contribution is 2.36. The Bertz CT molecular complexity index is 797. The van der Waals surface area contributed by atoms with Crippen LogP contribution in [0.3, 0.4) is 0 Å². The lowest BCUT2D eigenvalue weighted by molar-refractivity contribution is -0.146. The van der Waals surface area contributed by atoms with Crippen LogP contribution in [0.1, 0.15) is 5.82 Å². The van der Waals surface area contributed by atoms with E-state index in [0.29, 0.717) is 14.6 Å². The second-order valence-electron chi connectivity index (χ2n) is 3.78. The number of phenols is 1. The molecule has 1 aromatic carbocycles. The number of benzene rings is 1. The minimum atomic E-state index is -4.63. The summed E-state index contributed by atoms with van der Waals surface area (Å²) in [6, 6.07) is 4.60. The van der Waals surface area contributed by atoms with Gasteiger partial charge in [0.05, 0.1) is 5.56 Å². The first-order valence-electron chi connectivity index (χ1n) is 5.14. The molecule has 1 N–H and O–H groups in total. The van der Waals surface area contributed by atoms with Crippen LogP contribution in [0.25, 0.3) is 15.5 Å². The lowest BCUT2D eigenvalue weighted by Crippen LogP contribution is -2.11. The van der Waals surface area contributed by atoms with E-state index in [9.17, 15) is 18.3 Å².